The maximum absolute atomic E-state index is 13.0. The van der Waals surface area contributed by atoms with Crippen molar-refractivity contribution in [3.8, 4) is 5.75 Å². The highest BCUT2D eigenvalue weighted by Gasteiger charge is 2.43. The molecule has 1 aromatic rings. The highest BCUT2D eigenvalue weighted by molar-refractivity contribution is 5.89. The van der Waals surface area contributed by atoms with Crippen LogP contribution in [0, 0.1) is 6.92 Å². The molecule has 1 saturated carbocycles. The van der Waals surface area contributed by atoms with Gasteiger partial charge in [-0.05, 0) is 56.7 Å². The number of carbonyl (C=O) groups is 1. The van der Waals surface area contributed by atoms with E-state index in [0.717, 1.165) is 49.0 Å². The monoisotopic (exact) mass is 319 g/mol. The quantitative estimate of drug-likeness (QED) is 0.812. The number of hydrogen-bond acceptors (Lipinski definition) is 3. The maximum Gasteiger partial charge on any atom is 0.230 e. The Morgan fingerprint density at radius 2 is 2.09 bits per heavy atom. The van der Waals surface area contributed by atoms with E-state index in [1.807, 2.05) is 26.0 Å². The van der Waals surface area contributed by atoms with Crippen LogP contribution in [0.5, 0.6) is 5.75 Å². The molecule has 2 N–H and O–H groups in total. The van der Waals surface area contributed by atoms with Crippen molar-refractivity contribution in [3.63, 3.8) is 0 Å². The molecular formula is C19H29NO3. The van der Waals surface area contributed by atoms with Gasteiger partial charge < -0.3 is 15.2 Å². The minimum absolute atomic E-state index is 0.0828. The molecule has 1 unspecified atom stereocenters. The van der Waals surface area contributed by atoms with Crippen LogP contribution in [0.1, 0.15) is 56.6 Å². The molecule has 128 valence electrons. The van der Waals surface area contributed by atoms with E-state index in [2.05, 4.69) is 11.4 Å². The van der Waals surface area contributed by atoms with Crippen LogP contribution >= 0.6 is 0 Å². The van der Waals surface area contributed by atoms with Crippen molar-refractivity contribution >= 4 is 5.91 Å². The topological polar surface area (TPSA) is 58.6 Å². The molecule has 0 saturated heterocycles. The van der Waals surface area contributed by atoms with Gasteiger partial charge in [0.25, 0.3) is 0 Å². The number of carbonyl (C=O) groups excluding carboxylic acids is 1. The number of methoxy groups -OCH3 is 1. The van der Waals surface area contributed by atoms with Gasteiger partial charge in [-0.15, -0.1) is 0 Å². The van der Waals surface area contributed by atoms with Crippen LogP contribution in [0.2, 0.25) is 0 Å². The van der Waals surface area contributed by atoms with Gasteiger partial charge in [0.2, 0.25) is 5.91 Å². The second-order valence-electron chi connectivity index (χ2n) is 6.71. The van der Waals surface area contributed by atoms with Gasteiger partial charge >= 0.3 is 0 Å². The van der Waals surface area contributed by atoms with Gasteiger partial charge in [0, 0.05) is 12.6 Å². The SMILES string of the molecule is COc1cc(C2(C(=O)NC(C)CCCO)CCCC2)ccc1C. The molecule has 0 bridgehead atoms. The Morgan fingerprint density at radius 3 is 2.70 bits per heavy atom. The predicted molar refractivity (Wildman–Crippen MR) is 91.8 cm³/mol. The fourth-order valence-electron chi connectivity index (χ4n) is 3.57. The van der Waals surface area contributed by atoms with Gasteiger partial charge in [-0.2, -0.15) is 0 Å². The van der Waals surface area contributed by atoms with Gasteiger partial charge in [0.1, 0.15) is 5.75 Å². The zero-order valence-electron chi connectivity index (χ0n) is 14.5. The molecule has 1 aliphatic rings. The highest BCUT2D eigenvalue weighted by Crippen LogP contribution is 2.42. The lowest BCUT2D eigenvalue weighted by atomic mass is 9.77. The van der Waals surface area contributed by atoms with E-state index in [1.165, 1.54) is 0 Å². The lowest BCUT2D eigenvalue weighted by Gasteiger charge is -2.30. The maximum atomic E-state index is 13.0. The van der Waals surface area contributed by atoms with Crippen molar-refractivity contribution in [1.29, 1.82) is 0 Å². The first-order valence-corrected chi connectivity index (χ1v) is 8.60. The first kappa shape index (κ1) is 17.8. The minimum Gasteiger partial charge on any atom is -0.496 e. The Morgan fingerprint density at radius 1 is 1.39 bits per heavy atom. The van der Waals surface area contributed by atoms with Crippen molar-refractivity contribution in [1.82, 2.24) is 5.32 Å². The van der Waals surface area contributed by atoms with Crippen molar-refractivity contribution < 1.29 is 14.6 Å². The molecule has 4 nitrogen and oxygen atoms in total. The first-order valence-electron chi connectivity index (χ1n) is 8.60. The summed E-state index contributed by atoms with van der Waals surface area (Å²) in [5.41, 5.74) is 1.71. The van der Waals surface area contributed by atoms with Gasteiger partial charge in [0.05, 0.1) is 12.5 Å². The molecule has 1 aromatic carbocycles. The number of hydrogen-bond donors (Lipinski definition) is 2. The van der Waals surface area contributed by atoms with E-state index in [1.54, 1.807) is 7.11 Å². The van der Waals surface area contributed by atoms with Gasteiger partial charge in [0.15, 0.2) is 0 Å². The fraction of sp³-hybridized carbons (Fsp3) is 0.632. The number of amides is 1. The normalized spacial score (nSPS) is 17.7. The number of benzene rings is 1. The zero-order chi connectivity index (χ0) is 16.9. The Hall–Kier alpha value is -1.55. The lowest BCUT2D eigenvalue weighted by Crippen LogP contribution is -2.46. The molecule has 2 rings (SSSR count). The molecule has 1 amide bonds. The minimum atomic E-state index is -0.436. The summed E-state index contributed by atoms with van der Waals surface area (Å²) in [6.45, 7) is 4.19. The van der Waals surface area contributed by atoms with Crippen molar-refractivity contribution in [2.45, 2.75) is 63.8 Å². The first-order chi connectivity index (χ1) is 11.0. The molecule has 4 heteroatoms. The van der Waals surface area contributed by atoms with Crippen molar-refractivity contribution in [2.75, 3.05) is 13.7 Å². The summed E-state index contributed by atoms with van der Waals surface area (Å²) in [4.78, 5) is 13.0. The Bertz CT molecular complexity index is 535. The molecular weight excluding hydrogens is 290 g/mol. The smallest absolute Gasteiger partial charge is 0.230 e. The van der Waals surface area contributed by atoms with Crippen LogP contribution in [0.3, 0.4) is 0 Å². The summed E-state index contributed by atoms with van der Waals surface area (Å²) in [7, 11) is 1.67. The van der Waals surface area contributed by atoms with Crippen LogP contribution in [0.4, 0.5) is 0 Å². The van der Waals surface area contributed by atoms with Gasteiger partial charge in [-0.1, -0.05) is 25.0 Å². The van der Waals surface area contributed by atoms with Crippen LogP contribution in [0.25, 0.3) is 0 Å². The van der Waals surface area contributed by atoms with E-state index in [4.69, 9.17) is 9.84 Å². The summed E-state index contributed by atoms with van der Waals surface area (Å²) in [6, 6.07) is 6.22. The summed E-state index contributed by atoms with van der Waals surface area (Å²) >= 11 is 0. The molecule has 0 aromatic heterocycles. The molecule has 1 aliphatic carbocycles. The summed E-state index contributed by atoms with van der Waals surface area (Å²) in [5, 5.41) is 12.1. The molecule has 0 aliphatic heterocycles. The summed E-state index contributed by atoms with van der Waals surface area (Å²) in [6.07, 6.45) is 5.45. The van der Waals surface area contributed by atoms with E-state index >= 15 is 0 Å². The zero-order valence-corrected chi connectivity index (χ0v) is 14.5. The Kier molecular flexibility index (Phi) is 6.05. The lowest BCUT2D eigenvalue weighted by molar-refractivity contribution is -0.127. The van der Waals surface area contributed by atoms with Crippen LogP contribution in [-0.4, -0.2) is 30.8 Å². The molecule has 0 heterocycles. The molecule has 0 radical (unpaired) electrons. The van der Waals surface area contributed by atoms with Gasteiger partial charge in [-0.25, -0.2) is 0 Å². The summed E-state index contributed by atoms with van der Waals surface area (Å²) < 4.78 is 5.44. The van der Waals surface area contributed by atoms with Crippen LogP contribution < -0.4 is 10.1 Å². The Balaban J connectivity index is 2.23. The molecule has 0 spiro atoms. The fourth-order valence-corrected chi connectivity index (χ4v) is 3.57. The van der Waals surface area contributed by atoms with E-state index in [9.17, 15) is 4.79 Å². The van der Waals surface area contributed by atoms with Crippen molar-refractivity contribution in [2.24, 2.45) is 0 Å². The summed E-state index contributed by atoms with van der Waals surface area (Å²) in [5.74, 6) is 0.959. The van der Waals surface area contributed by atoms with Crippen molar-refractivity contribution in [3.05, 3.63) is 29.3 Å². The highest BCUT2D eigenvalue weighted by atomic mass is 16.5. The average Bonchev–Trinajstić information content (AvgIpc) is 3.04. The second-order valence-corrected chi connectivity index (χ2v) is 6.71. The van der Waals surface area contributed by atoms with Gasteiger partial charge in [-0.3, -0.25) is 4.79 Å². The number of aryl methyl sites for hydroxylation is 1. The third-order valence-electron chi connectivity index (χ3n) is 5.03. The van der Waals surface area contributed by atoms with E-state index < -0.39 is 5.41 Å². The third-order valence-corrected chi connectivity index (χ3v) is 5.03. The number of ether oxygens (including phenoxy) is 1. The average molecular weight is 319 g/mol. The van der Waals surface area contributed by atoms with Crippen LogP contribution in [0.15, 0.2) is 18.2 Å². The Labute approximate surface area is 139 Å². The van der Waals surface area contributed by atoms with Crippen LogP contribution in [-0.2, 0) is 10.2 Å². The largest absolute Gasteiger partial charge is 0.496 e. The third kappa shape index (κ3) is 3.86. The van der Waals surface area contributed by atoms with E-state index in [0.29, 0.717) is 6.42 Å². The molecule has 1 fully saturated rings. The molecule has 1 atom stereocenters. The number of aliphatic hydroxyl groups excluding tert-OH is 1. The predicted octanol–water partition coefficient (Wildman–Crippen LogP) is 3.09. The number of rotatable bonds is 7. The second kappa shape index (κ2) is 7.82. The number of nitrogens with one attached hydrogen (secondary N) is 1. The number of aliphatic hydroxyl groups is 1. The standard InChI is InChI=1S/C19H29NO3/c1-14-8-9-16(13-17(14)23-3)19(10-4-5-11-19)18(22)20-15(2)7-6-12-21/h8-9,13,15,21H,4-7,10-12H2,1-3H3,(H,20,22). The van der Waals surface area contributed by atoms with E-state index in [-0.39, 0.29) is 18.6 Å². The molecule has 23 heavy (non-hydrogen) atoms.